The average molecular weight is 199 g/mol. The second-order valence-electron chi connectivity index (χ2n) is 4.11. The molecule has 0 bridgehead atoms. The van der Waals surface area contributed by atoms with E-state index in [1.54, 1.807) is 4.90 Å². The van der Waals surface area contributed by atoms with Crippen molar-refractivity contribution in [2.24, 2.45) is 0 Å². The standard InChI is InChI=1S/C9H13NO4/c11-7-5-4-13-9(12)10(5)3-1-2-6-8(7)14-6/h5-8,11H,1-4H2. The third kappa shape index (κ3) is 1.12. The van der Waals surface area contributed by atoms with Crippen LogP contribution in [0.15, 0.2) is 0 Å². The first-order valence-electron chi connectivity index (χ1n) is 5.04. The molecule has 0 aromatic carbocycles. The fraction of sp³-hybridized carbons (Fsp3) is 0.889. The average Bonchev–Trinajstić information content (AvgIpc) is 2.82. The predicted octanol–water partition coefficient (Wildman–Crippen LogP) is -0.271. The van der Waals surface area contributed by atoms with Crippen LogP contribution in [0.25, 0.3) is 0 Å². The van der Waals surface area contributed by atoms with E-state index < -0.39 is 6.10 Å². The summed E-state index contributed by atoms with van der Waals surface area (Å²) < 4.78 is 10.3. The lowest BCUT2D eigenvalue weighted by Gasteiger charge is -2.26. The highest BCUT2D eigenvalue weighted by Gasteiger charge is 2.52. The molecule has 0 aromatic heterocycles. The van der Waals surface area contributed by atoms with Crippen molar-refractivity contribution in [2.75, 3.05) is 13.2 Å². The van der Waals surface area contributed by atoms with E-state index in [1.165, 1.54) is 0 Å². The normalized spacial score (nSPS) is 46.1. The number of carbonyl (C=O) groups is 1. The number of nitrogens with zero attached hydrogens (tertiary/aromatic N) is 1. The lowest BCUT2D eigenvalue weighted by Crippen LogP contribution is -2.46. The summed E-state index contributed by atoms with van der Waals surface area (Å²) in [6.07, 6.45) is 1.12. The van der Waals surface area contributed by atoms with Gasteiger partial charge in [-0.05, 0) is 12.8 Å². The molecule has 0 aliphatic carbocycles. The van der Waals surface area contributed by atoms with Gasteiger partial charge in [0.2, 0.25) is 0 Å². The largest absolute Gasteiger partial charge is 0.447 e. The number of aliphatic hydroxyl groups is 1. The Morgan fingerprint density at radius 3 is 3.21 bits per heavy atom. The minimum Gasteiger partial charge on any atom is -0.447 e. The van der Waals surface area contributed by atoms with Gasteiger partial charge in [-0.1, -0.05) is 0 Å². The maximum atomic E-state index is 11.3. The number of hydrogen-bond donors (Lipinski definition) is 1. The molecule has 0 spiro atoms. The van der Waals surface area contributed by atoms with Crippen molar-refractivity contribution in [3.05, 3.63) is 0 Å². The van der Waals surface area contributed by atoms with Crippen molar-refractivity contribution in [2.45, 2.75) is 37.2 Å². The molecule has 4 atom stereocenters. The van der Waals surface area contributed by atoms with Gasteiger partial charge in [0, 0.05) is 6.54 Å². The van der Waals surface area contributed by atoms with E-state index in [4.69, 9.17) is 9.47 Å². The van der Waals surface area contributed by atoms with Gasteiger partial charge in [0.25, 0.3) is 0 Å². The first kappa shape index (κ1) is 8.49. The highest BCUT2D eigenvalue weighted by Crippen LogP contribution is 2.35. The van der Waals surface area contributed by atoms with Gasteiger partial charge in [-0.25, -0.2) is 4.79 Å². The summed E-state index contributed by atoms with van der Waals surface area (Å²) in [5.41, 5.74) is 0. The van der Waals surface area contributed by atoms with Crippen LogP contribution in [-0.4, -0.2) is 53.6 Å². The number of epoxide rings is 1. The quantitative estimate of drug-likeness (QED) is 0.545. The van der Waals surface area contributed by atoms with Gasteiger partial charge in [-0.3, -0.25) is 4.90 Å². The third-order valence-corrected chi connectivity index (χ3v) is 3.25. The Balaban J connectivity index is 1.81. The highest BCUT2D eigenvalue weighted by atomic mass is 16.6. The molecule has 14 heavy (non-hydrogen) atoms. The van der Waals surface area contributed by atoms with E-state index in [0.29, 0.717) is 13.2 Å². The zero-order chi connectivity index (χ0) is 9.71. The number of rotatable bonds is 0. The van der Waals surface area contributed by atoms with Crippen LogP contribution in [-0.2, 0) is 9.47 Å². The zero-order valence-corrected chi connectivity index (χ0v) is 7.76. The number of amides is 1. The maximum Gasteiger partial charge on any atom is 0.410 e. The maximum absolute atomic E-state index is 11.3. The van der Waals surface area contributed by atoms with E-state index in [0.717, 1.165) is 12.8 Å². The van der Waals surface area contributed by atoms with E-state index in [2.05, 4.69) is 0 Å². The molecule has 3 aliphatic rings. The van der Waals surface area contributed by atoms with Crippen LogP contribution in [0.2, 0.25) is 0 Å². The van der Waals surface area contributed by atoms with Crippen LogP contribution in [0, 0.1) is 0 Å². The highest BCUT2D eigenvalue weighted by molar-refractivity contribution is 5.70. The molecule has 5 heteroatoms. The number of fused-ring (bicyclic) bond motifs is 2. The number of aliphatic hydroxyl groups excluding tert-OH is 1. The fourth-order valence-corrected chi connectivity index (χ4v) is 2.38. The second-order valence-corrected chi connectivity index (χ2v) is 4.11. The van der Waals surface area contributed by atoms with E-state index >= 15 is 0 Å². The fourth-order valence-electron chi connectivity index (χ4n) is 2.38. The van der Waals surface area contributed by atoms with E-state index in [9.17, 15) is 9.90 Å². The molecule has 0 aromatic rings. The van der Waals surface area contributed by atoms with Gasteiger partial charge >= 0.3 is 6.09 Å². The molecule has 3 heterocycles. The van der Waals surface area contributed by atoms with Crippen LogP contribution in [0.3, 0.4) is 0 Å². The number of carbonyl (C=O) groups excluding carboxylic acids is 1. The molecule has 4 unspecified atom stereocenters. The van der Waals surface area contributed by atoms with Gasteiger partial charge in [0.15, 0.2) is 0 Å². The minimum absolute atomic E-state index is 0.0719. The molecule has 78 valence electrons. The van der Waals surface area contributed by atoms with E-state index in [-0.39, 0.29) is 24.3 Å². The van der Waals surface area contributed by atoms with Gasteiger partial charge in [-0.15, -0.1) is 0 Å². The van der Waals surface area contributed by atoms with Crippen LogP contribution in [0.4, 0.5) is 4.79 Å². The van der Waals surface area contributed by atoms with Crippen molar-refractivity contribution in [1.29, 1.82) is 0 Å². The van der Waals surface area contributed by atoms with Gasteiger partial charge in [-0.2, -0.15) is 0 Å². The summed E-state index contributed by atoms with van der Waals surface area (Å²) >= 11 is 0. The number of hydrogen-bond acceptors (Lipinski definition) is 4. The first-order chi connectivity index (χ1) is 6.77. The molecule has 1 amide bonds. The lowest BCUT2D eigenvalue weighted by atomic mass is 10.0. The van der Waals surface area contributed by atoms with Crippen LogP contribution in [0.1, 0.15) is 12.8 Å². The molecule has 0 saturated carbocycles. The molecular formula is C9H13NO4. The lowest BCUT2D eigenvalue weighted by molar-refractivity contribution is 0.0607. The Hall–Kier alpha value is -0.810. The Morgan fingerprint density at radius 1 is 1.50 bits per heavy atom. The van der Waals surface area contributed by atoms with Gasteiger partial charge < -0.3 is 14.6 Å². The molecule has 0 radical (unpaired) electrons. The molecule has 3 fully saturated rings. The van der Waals surface area contributed by atoms with Crippen LogP contribution < -0.4 is 0 Å². The topological polar surface area (TPSA) is 62.3 Å². The van der Waals surface area contributed by atoms with Crippen molar-refractivity contribution in [3.63, 3.8) is 0 Å². The summed E-state index contributed by atoms with van der Waals surface area (Å²) in [6, 6.07) is -0.196. The van der Waals surface area contributed by atoms with Crippen molar-refractivity contribution >= 4 is 6.09 Å². The SMILES string of the molecule is O=C1OCC2C(O)C3OC3CCCN12. The van der Waals surface area contributed by atoms with Crippen LogP contribution in [0.5, 0.6) is 0 Å². The summed E-state index contributed by atoms with van der Waals surface area (Å²) in [4.78, 5) is 12.9. The Bertz CT molecular complexity index is 270. The second kappa shape index (κ2) is 2.84. The molecule has 5 nitrogen and oxygen atoms in total. The third-order valence-electron chi connectivity index (χ3n) is 3.25. The molecule has 3 saturated heterocycles. The summed E-state index contributed by atoms with van der Waals surface area (Å²) in [5, 5.41) is 9.91. The predicted molar refractivity (Wildman–Crippen MR) is 45.7 cm³/mol. The molecule has 3 rings (SSSR count). The van der Waals surface area contributed by atoms with Crippen LogP contribution >= 0.6 is 0 Å². The smallest absolute Gasteiger partial charge is 0.410 e. The zero-order valence-electron chi connectivity index (χ0n) is 7.76. The monoisotopic (exact) mass is 199 g/mol. The van der Waals surface area contributed by atoms with Crippen molar-refractivity contribution in [1.82, 2.24) is 4.90 Å². The Labute approximate surface area is 81.6 Å². The van der Waals surface area contributed by atoms with Crippen molar-refractivity contribution < 1.29 is 19.4 Å². The molecule has 3 aliphatic heterocycles. The van der Waals surface area contributed by atoms with Gasteiger partial charge in [0.05, 0.1) is 12.1 Å². The van der Waals surface area contributed by atoms with Crippen molar-refractivity contribution in [3.8, 4) is 0 Å². The van der Waals surface area contributed by atoms with E-state index in [1.807, 2.05) is 0 Å². The Kier molecular flexibility index (Phi) is 1.72. The summed E-state index contributed by atoms with van der Waals surface area (Å²) in [7, 11) is 0. The Morgan fingerprint density at radius 2 is 2.36 bits per heavy atom. The molecule has 1 N–H and O–H groups in total. The summed E-state index contributed by atoms with van der Waals surface area (Å²) in [6.45, 7) is 0.972. The number of cyclic esters (lactones) is 1. The van der Waals surface area contributed by atoms with Gasteiger partial charge in [0.1, 0.15) is 18.8 Å². The molecular weight excluding hydrogens is 186 g/mol. The first-order valence-corrected chi connectivity index (χ1v) is 5.04. The number of ether oxygens (including phenoxy) is 2. The minimum atomic E-state index is -0.577. The summed E-state index contributed by atoms with van der Waals surface area (Å²) in [5.74, 6) is 0.